The third-order valence-electron chi connectivity index (χ3n) is 2.20. The molecule has 102 valence electrons. The topological polar surface area (TPSA) is 75.3 Å². The van der Waals surface area contributed by atoms with E-state index in [9.17, 15) is 13.2 Å². The van der Waals surface area contributed by atoms with Crippen LogP contribution in [0.2, 0.25) is 0 Å². The average Bonchev–Trinajstić information content (AvgIpc) is 2.35. The Morgan fingerprint density at radius 1 is 1.26 bits per heavy atom. The Morgan fingerprint density at radius 2 is 1.89 bits per heavy atom. The normalized spacial score (nSPS) is 10.4. The van der Waals surface area contributed by atoms with E-state index in [2.05, 4.69) is 21.9 Å². The fraction of sp³-hybridized carbons (Fsp3) is 0.308. The summed E-state index contributed by atoms with van der Waals surface area (Å²) in [7, 11) is -3.52. The van der Waals surface area contributed by atoms with Gasteiger partial charge in [0.25, 0.3) is 0 Å². The van der Waals surface area contributed by atoms with Gasteiger partial charge in [0.1, 0.15) is 0 Å². The summed E-state index contributed by atoms with van der Waals surface area (Å²) in [6, 6.07) is 5.97. The summed E-state index contributed by atoms with van der Waals surface area (Å²) >= 11 is 0. The van der Waals surface area contributed by atoms with E-state index in [0.29, 0.717) is 12.1 Å². The molecule has 0 atom stereocenters. The molecule has 1 aromatic rings. The zero-order valence-electron chi connectivity index (χ0n) is 10.9. The van der Waals surface area contributed by atoms with Gasteiger partial charge in [0.15, 0.2) is 0 Å². The second kappa shape index (κ2) is 6.92. The molecule has 0 heterocycles. The average molecular weight is 280 g/mol. The van der Waals surface area contributed by atoms with E-state index in [4.69, 9.17) is 0 Å². The number of benzene rings is 1. The van der Waals surface area contributed by atoms with Crippen LogP contribution in [0.5, 0.6) is 0 Å². The van der Waals surface area contributed by atoms with Gasteiger partial charge in [-0.05, 0) is 31.2 Å². The number of carbonyl (C=O) groups is 1. The molecule has 19 heavy (non-hydrogen) atoms. The van der Waals surface area contributed by atoms with Crippen molar-refractivity contribution >= 4 is 21.6 Å². The number of sulfonamides is 1. The standard InChI is InChI=1S/C13H16N2O3S/c1-3-4-5-10-14-19(17,18)13-8-6-12(7-9-13)15-11(2)16/h6-9,14H,5,10H2,1-2H3,(H,15,16). The predicted molar refractivity (Wildman–Crippen MR) is 74.0 cm³/mol. The van der Waals surface area contributed by atoms with Gasteiger partial charge in [-0.1, -0.05) is 0 Å². The Bertz CT molecular complexity index is 595. The Kier molecular flexibility index (Phi) is 5.55. The minimum Gasteiger partial charge on any atom is -0.326 e. The molecule has 2 N–H and O–H groups in total. The number of hydrogen-bond acceptors (Lipinski definition) is 3. The number of anilines is 1. The van der Waals surface area contributed by atoms with Gasteiger partial charge in [-0.3, -0.25) is 4.79 Å². The van der Waals surface area contributed by atoms with Crippen LogP contribution in [0.25, 0.3) is 0 Å². The molecule has 0 aliphatic carbocycles. The van der Waals surface area contributed by atoms with Crippen LogP contribution in [0.3, 0.4) is 0 Å². The number of hydrogen-bond donors (Lipinski definition) is 2. The molecule has 0 fully saturated rings. The van der Waals surface area contributed by atoms with Crippen molar-refractivity contribution in [2.24, 2.45) is 0 Å². The van der Waals surface area contributed by atoms with Crippen molar-refractivity contribution in [1.29, 1.82) is 0 Å². The Labute approximate surface area is 113 Å². The van der Waals surface area contributed by atoms with Gasteiger partial charge in [0.05, 0.1) is 4.90 Å². The van der Waals surface area contributed by atoms with Crippen LogP contribution in [-0.2, 0) is 14.8 Å². The van der Waals surface area contributed by atoms with Crippen LogP contribution < -0.4 is 10.0 Å². The molecule has 0 aliphatic heterocycles. The lowest BCUT2D eigenvalue weighted by Gasteiger charge is -2.06. The van der Waals surface area contributed by atoms with Gasteiger partial charge >= 0.3 is 0 Å². The lowest BCUT2D eigenvalue weighted by atomic mass is 10.3. The first-order chi connectivity index (χ1) is 8.95. The maximum absolute atomic E-state index is 11.9. The molecule has 0 saturated carbocycles. The van der Waals surface area contributed by atoms with Gasteiger partial charge in [-0.25, -0.2) is 13.1 Å². The largest absolute Gasteiger partial charge is 0.326 e. The van der Waals surface area contributed by atoms with Gasteiger partial charge in [0.2, 0.25) is 15.9 Å². The molecular weight excluding hydrogens is 264 g/mol. The molecule has 0 aliphatic rings. The summed E-state index contributed by atoms with van der Waals surface area (Å²) in [5, 5.41) is 2.57. The summed E-state index contributed by atoms with van der Waals surface area (Å²) in [5.74, 6) is 5.27. The fourth-order valence-corrected chi connectivity index (χ4v) is 2.41. The van der Waals surface area contributed by atoms with Crippen molar-refractivity contribution in [2.75, 3.05) is 11.9 Å². The van der Waals surface area contributed by atoms with Crippen LogP contribution in [0, 0.1) is 11.8 Å². The first kappa shape index (κ1) is 15.2. The quantitative estimate of drug-likeness (QED) is 0.631. The highest BCUT2D eigenvalue weighted by atomic mass is 32.2. The van der Waals surface area contributed by atoms with Crippen molar-refractivity contribution in [1.82, 2.24) is 4.72 Å². The summed E-state index contributed by atoms with van der Waals surface area (Å²) < 4.78 is 26.2. The molecule has 0 unspecified atom stereocenters. The van der Waals surface area contributed by atoms with E-state index in [1.807, 2.05) is 0 Å². The summed E-state index contributed by atoms with van der Waals surface area (Å²) in [6.45, 7) is 3.37. The highest BCUT2D eigenvalue weighted by Gasteiger charge is 2.12. The van der Waals surface area contributed by atoms with Crippen LogP contribution in [-0.4, -0.2) is 20.9 Å². The molecule has 0 bridgehead atoms. The van der Waals surface area contributed by atoms with Gasteiger partial charge in [-0.15, -0.1) is 11.8 Å². The van der Waals surface area contributed by atoms with Crippen molar-refractivity contribution in [2.45, 2.75) is 25.2 Å². The number of nitrogens with one attached hydrogen (secondary N) is 2. The Balaban J connectivity index is 2.72. The van der Waals surface area contributed by atoms with Gasteiger partial charge in [-0.2, -0.15) is 0 Å². The first-order valence-corrected chi connectivity index (χ1v) is 7.21. The summed E-state index contributed by atoms with van der Waals surface area (Å²) in [6.07, 6.45) is 0.472. The lowest BCUT2D eigenvalue weighted by molar-refractivity contribution is -0.114. The van der Waals surface area contributed by atoms with Gasteiger partial charge in [0, 0.05) is 25.6 Å². The highest BCUT2D eigenvalue weighted by Crippen LogP contribution is 2.13. The van der Waals surface area contributed by atoms with E-state index >= 15 is 0 Å². The molecule has 0 radical (unpaired) electrons. The maximum Gasteiger partial charge on any atom is 0.240 e. The molecule has 0 spiro atoms. The molecule has 1 amide bonds. The van der Waals surface area contributed by atoms with E-state index in [1.54, 1.807) is 19.1 Å². The van der Waals surface area contributed by atoms with E-state index in [-0.39, 0.29) is 17.3 Å². The van der Waals surface area contributed by atoms with E-state index < -0.39 is 10.0 Å². The lowest BCUT2D eigenvalue weighted by Crippen LogP contribution is -2.24. The van der Waals surface area contributed by atoms with Crippen molar-refractivity contribution in [3.05, 3.63) is 24.3 Å². The molecule has 6 heteroatoms. The third-order valence-corrected chi connectivity index (χ3v) is 3.68. The smallest absolute Gasteiger partial charge is 0.240 e. The van der Waals surface area contributed by atoms with E-state index in [0.717, 1.165) is 0 Å². The minimum absolute atomic E-state index is 0.158. The number of amides is 1. The Hall–Kier alpha value is -1.84. The summed E-state index contributed by atoms with van der Waals surface area (Å²) in [4.78, 5) is 11.0. The molecule has 5 nitrogen and oxygen atoms in total. The maximum atomic E-state index is 11.9. The molecule has 0 saturated heterocycles. The zero-order chi connectivity index (χ0) is 14.3. The first-order valence-electron chi connectivity index (χ1n) is 5.72. The minimum atomic E-state index is -3.52. The fourth-order valence-electron chi connectivity index (χ4n) is 1.38. The second-order valence-corrected chi connectivity index (χ2v) is 5.55. The van der Waals surface area contributed by atoms with Crippen molar-refractivity contribution in [3.8, 4) is 11.8 Å². The van der Waals surface area contributed by atoms with Crippen LogP contribution in [0.15, 0.2) is 29.2 Å². The molecule has 1 rings (SSSR count). The summed E-state index contributed by atoms with van der Waals surface area (Å²) in [5.41, 5.74) is 0.559. The predicted octanol–water partition coefficient (Wildman–Crippen LogP) is 1.34. The number of rotatable bonds is 5. The SMILES string of the molecule is CC#CCCNS(=O)(=O)c1ccc(NC(C)=O)cc1. The molecular formula is C13H16N2O3S. The Morgan fingerprint density at radius 3 is 2.42 bits per heavy atom. The van der Waals surface area contributed by atoms with Crippen molar-refractivity contribution < 1.29 is 13.2 Å². The zero-order valence-corrected chi connectivity index (χ0v) is 11.7. The molecule has 0 aromatic heterocycles. The second-order valence-electron chi connectivity index (χ2n) is 3.78. The van der Waals surface area contributed by atoms with Crippen LogP contribution in [0.1, 0.15) is 20.3 Å². The van der Waals surface area contributed by atoms with E-state index in [1.165, 1.54) is 19.1 Å². The van der Waals surface area contributed by atoms with Crippen LogP contribution >= 0.6 is 0 Å². The highest BCUT2D eigenvalue weighted by molar-refractivity contribution is 7.89. The van der Waals surface area contributed by atoms with Crippen molar-refractivity contribution in [3.63, 3.8) is 0 Å². The number of carbonyl (C=O) groups excluding carboxylic acids is 1. The third kappa shape index (κ3) is 5.12. The van der Waals surface area contributed by atoms with Crippen LogP contribution in [0.4, 0.5) is 5.69 Å². The monoisotopic (exact) mass is 280 g/mol. The molecule has 1 aromatic carbocycles. The van der Waals surface area contributed by atoms with Gasteiger partial charge < -0.3 is 5.32 Å².